The van der Waals surface area contributed by atoms with Crippen LogP contribution in [0.4, 0.5) is 10.1 Å². The third-order valence-corrected chi connectivity index (χ3v) is 3.71. The third-order valence-electron chi connectivity index (χ3n) is 2.16. The quantitative estimate of drug-likeness (QED) is 0.875. The molecule has 1 nitrogen and oxygen atoms in total. The minimum atomic E-state index is -0.200. The number of aryl methyl sites for hydroxylation is 1. The zero-order valence-corrected chi connectivity index (χ0v) is 11.2. The van der Waals surface area contributed by atoms with E-state index in [4.69, 9.17) is 0 Å². The van der Waals surface area contributed by atoms with E-state index in [0.717, 1.165) is 15.0 Å². The predicted octanol–water partition coefficient (Wildman–Crippen LogP) is 4.57. The van der Waals surface area contributed by atoms with E-state index in [0.29, 0.717) is 6.54 Å². The molecule has 84 valence electrons. The maximum Gasteiger partial charge on any atom is 0.125 e. The summed E-state index contributed by atoms with van der Waals surface area (Å²) < 4.78 is 14.2. The molecule has 0 radical (unpaired) electrons. The standard InChI is InChI=1S/C12H11BrFNS/c1-8-2-10(14)5-11(3-8)15-6-9-4-12(13)16-7-9/h2-5,7,15H,6H2,1H3. The first kappa shape index (κ1) is 11.6. The van der Waals surface area contributed by atoms with Gasteiger partial charge in [0.15, 0.2) is 0 Å². The molecule has 1 heterocycles. The summed E-state index contributed by atoms with van der Waals surface area (Å²) >= 11 is 5.06. The SMILES string of the molecule is Cc1cc(F)cc(NCc2csc(Br)c2)c1. The Morgan fingerprint density at radius 2 is 2.12 bits per heavy atom. The van der Waals surface area contributed by atoms with E-state index in [9.17, 15) is 4.39 Å². The summed E-state index contributed by atoms with van der Waals surface area (Å²) in [5.41, 5.74) is 2.94. The number of rotatable bonds is 3. The average Bonchev–Trinajstić information content (AvgIpc) is 2.60. The van der Waals surface area contributed by atoms with Crippen molar-refractivity contribution >= 4 is 33.0 Å². The van der Waals surface area contributed by atoms with E-state index >= 15 is 0 Å². The van der Waals surface area contributed by atoms with Gasteiger partial charge in [0.1, 0.15) is 5.82 Å². The summed E-state index contributed by atoms with van der Waals surface area (Å²) in [6, 6.07) is 7.02. The summed E-state index contributed by atoms with van der Waals surface area (Å²) in [4.78, 5) is 0. The first-order chi connectivity index (χ1) is 7.63. The molecule has 1 aromatic carbocycles. The largest absolute Gasteiger partial charge is 0.381 e. The molecule has 0 aliphatic heterocycles. The maximum absolute atomic E-state index is 13.1. The summed E-state index contributed by atoms with van der Waals surface area (Å²) in [7, 11) is 0. The van der Waals surface area contributed by atoms with E-state index in [-0.39, 0.29) is 5.82 Å². The lowest BCUT2D eigenvalue weighted by Gasteiger charge is -2.06. The van der Waals surface area contributed by atoms with Crippen molar-refractivity contribution in [3.63, 3.8) is 0 Å². The van der Waals surface area contributed by atoms with Crippen molar-refractivity contribution in [1.29, 1.82) is 0 Å². The Morgan fingerprint density at radius 3 is 2.75 bits per heavy atom. The number of nitrogens with one attached hydrogen (secondary N) is 1. The van der Waals surface area contributed by atoms with Crippen LogP contribution in [0, 0.1) is 12.7 Å². The highest BCUT2D eigenvalue weighted by atomic mass is 79.9. The molecule has 0 saturated heterocycles. The van der Waals surface area contributed by atoms with E-state index in [2.05, 4.69) is 32.7 Å². The molecular weight excluding hydrogens is 289 g/mol. The second kappa shape index (κ2) is 4.97. The van der Waals surface area contributed by atoms with Crippen molar-refractivity contribution in [1.82, 2.24) is 0 Å². The Hall–Kier alpha value is -0.870. The molecule has 0 atom stereocenters. The molecular formula is C12H11BrFNS. The Kier molecular flexibility index (Phi) is 3.61. The van der Waals surface area contributed by atoms with Crippen LogP contribution in [-0.2, 0) is 6.54 Å². The topological polar surface area (TPSA) is 12.0 Å². The molecule has 0 amide bonds. The van der Waals surface area contributed by atoms with Gasteiger partial charge in [0.2, 0.25) is 0 Å². The summed E-state index contributed by atoms with van der Waals surface area (Å²) in [6.45, 7) is 2.60. The molecule has 1 aromatic heterocycles. The highest BCUT2D eigenvalue weighted by Crippen LogP contribution is 2.22. The van der Waals surface area contributed by atoms with Crippen LogP contribution < -0.4 is 5.32 Å². The molecule has 0 aliphatic carbocycles. The Balaban J connectivity index is 2.04. The zero-order chi connectivity index (χ0) is 11.5. The lowest BCUT2D eigenvalue weighted by molar-refractivity contribution is 0.627. The monoisotopic (exact) mass is 299 g/mol. The zero-order valence-electron chi connectivity index (χ0n) is 8.76. The average molecular weight is 300 g/mol. The van der Waals surface area contributed by atoms with Gasteiger partial charge in [0.25, 0.3) is 0 Å². The van der Waals surface area contributed by atoms with Gasteiger partial charge in [-0.3, -0.25) is 0 Å². The van der Waals surface area contributed by atoms with Gasteiger partial charge in [0.05, 0.1) is 3.79 Å². The summed E-state index contributed by atoms with van der Waals surface area (Å²) in [5, 5.41) is 5.27. The fraction of sp³-hybridized carbons (Fsp3) is 0.167. The van der Waals surface area contributed by atoms with Crippen LogP contribution in [0.1, 0.15) is 11.1 Å². The summed E-state index contributed by atoms with van der Waals surface area (Å²) in [5.74, 6) is -0.200. The molecule has 4 heteroatoms. The first-order valence-corrected chi connectivity index (χ1v) is 6.55. The van der Waals surface area contributed by atoms with Crippen molar-refractivity contribution < 1.29 is 4.39 Å². The number of halogens is 2. The maximum atomic E-state index is 13.1. The van der Waals surface area contributed by atoms with Gasteiger partial charge in [-0.15, -0.1) is 11.3 Å². The Morgan fingerprint density at radius 1 is 1.31 bits per heavy atom. The number of anilines is 1. The van der Waals surface area contributed by atoms with Crippen LogP contribution >= 0.6 is 27.3 Å². The number of benzene rings is 1. The lowest BCUT2D eigenvalue weighted by atomic mass is 10.2. The van der Waals surface area contributed by atoms with Crippen LogP contribution in [0.5, 0.6) is 0 Å². The van der Waals surface area contributed by atoms with Crippen LogP contribution in [0.15, 0.2) is 33.4 Å². The van der Waals surface area contributed by atoms with Gasteiger partial charge in [-0.05, 0) is 63.6 Å². The van der Waals surface area contributed by atoms with Crippen molar-refractivity contribution in [3.8, 4) is 0 Å². The minimum Gasteiger partial charge on any atom is -0.381 e. The predicted molar refractivity (Wildman–Crippen MR) is 70.5 cm³/mol. The molecule has 1 N–H and O–H groups in total. The van der Waals surface area contributed by atoms with Gasteiger partial charge in [0, 0.05) is 12.2 Å². The van der Waals surface area contributed by atoms with Crippen LogP contribution in [0.2, 0.25) is 0 Å². The van der Waals surface area contributed by atoms with Gasteiger partial charge in [-0.2, -0.15) is 0 Å². The van der Waals surface area contributed by atoms with Crippen molar-refractivity contribution in [2.24, 2.45) is 0 Å². The molecule has 0 spiro atoms. The van der Waals surface area contributed by atoms with Crippen molar-refractivity contribution in [2.45, 2.75) is 13.5 Å². The molecule has 0 saturated carbocycles. The summed E-state index contributed by atoms with van der Waals surface area (Å²) in [6.07, 6.45) is 0. The number of thiophene rings is 1. The van der Waals surface area contributed by atoms with Crippen LogP contribution in [0.25, 0.3) is 0 Å². The van der Waals surface area contributed by atoms with Crippen molar-refractivity contribution in [2.75, 3.05) is 5.32 Å². The second-order valence-electron chi connectivity index (χ2n) is 3.63. The van der Waals surface area contributed by atoms with E-state index < -0.39 is 0 Å². The van der Waals surface area contributed by atoms with Gasteiger partial charge in [-0.1, -0.05) is 0 Å². The molecule has 0 aliphatic rings. The number of hydrogen-bond donors (Lipinski definition) is 1. The van der Waals surface area contributed by atoms with E-state index in [1.807, 2.05) is 13.0 Å². The molecule has 0 fully saturated rings. The fourth-order valence-electron chi connectivity index (χ4n) is 1.48. The molecule has 0 bridgehead atoms. The highest BCUT2D eigenvalue weighted by Gasteiger charge is 2.00. The minimum absolute atomic E-state index is 0.200. The fourth-order valence-corrected chi connectivity index (χ4v) is 2.69. The van der Waals surface area contributed by atoms with Crippen LogP contribution in [-0.4, -0.2) is 0 Å². The van der Waals surface area contributed by atoms with Gasteiger partial charge >= 0.3 is 0 Å². The molecule has 16 heavy (non-hydrogen) atoms. The first-order valence-electron chi connectivity index (χ1n) is 4.87. The van der Waals surface area contributed by atoms with Crippen LogP contribution in [0.3, 0.4) is 0 Å². The smallest absolute Gasteiger partial charge is 0.125 e. The van der Waals surface area contributed by atoms with E-state index in [1.54, 1.807) is 11.3 Å². The van der Waals surface area contributed by atoms with E-state index in [1.165, 1.54) is 17.7 Å². The molecule has 2 rings (SSSR count). The third kappa shape index (κ3) is 3.06. The second-order valence-corrected chi connectivity index (χ2v) is 5.92. The Labute approximate surface area is 106 Å². The van der Waals surface area contributed by atoms with Gasteiger partial charge < -0.3 is 5.32 Å². The van der Waals surface area contributed by atoms with Crippen molar-refractivity contribution in [3.05, 3.63) is 50.4 Å². The number of hydrogen-bond acceptors (Lipinski definition) is 2. The normalized spacial score (nSPS) is 10.4. The molecule has 2 aromatic rings. The van der Waals surface area contributed by atoms with Gasteiger partial charge in [-0.25, -0.2) is 4.39 Å². The lowest BCUT2D eigenvalue weighted by Crippen LogP contribution is -1.98. The molecule has 0 unspecified atom stereocenters. The Bertz CT molecular complexity index is 475. The highest BCUT2D eigenvalue weighted by molar-refractivity contribution is 9.11.